The van der Waals surface area contributed by atoms with Gasteiger partial charge in [0.05, 0.1) is 5.60 Å². The van der Waals surface area contributed by atoms with Crippen molar-refractivity contribution in [1.29, 1.82) is 0 Å². The largest absolute Gasteiger partial charge is 0.386 e. The highest BCUT2D eigenvalue weighted by molar-refractivity contribution is 5.20. The van der Waals surface area contributed by atoms with E-state index in [0.29, 0.717) is 10.8 Å². The summed E-state index contributed by atoms with van der Waals surface area (Å²) in [4.78, 5) is 0. The highest BCUT2D eigenvalue weighted by Gasteiger charge is 2.53. The molecule has 2 aliphatic rings. The Labute approximate surface area is 131 Å². The Hall–Kier alpha value is -0.560. The normalized spacial score (nSPS) is 42.7. The maximum Gasteiger partial charge on any atom is 0.0797 e. The Bertz CT molecular complexity index is 433. The van der Waals surface area contributed by atoms with Crippen molar-refractivity contribution in [2.75, 3.05) is 0 Å². The fourth-order valence-electron chi connectivity index (χ4n) is 4.96. The van der Waals surface area contributed by atoms with Crippen LogP contribution in [-0.4, -0.2) is 10.7 Å². The zero-order valence-electron chi connectivity index (χ0n) is 14.7. The van der Waals surface area contributed by atoms with Gasteiger partial charge in [-0.1, -0.05) is 38.5 Å². The quantitative estimate of drug-likeness (QED) is 0.678. The lowest BCUT2D eigenvalue weighted by molar-refractivity contribution is -0.0582. The van der Waals surface area contributed by atoms with Crippen molar-refractivity contribution in [3.05, 3.63) is 24.3 Å². The molecule has 0 aliphatic heterocycles. The van der Waals surface area contributed by atoms with Gasteiger partial charge in [-0.2, -0.15) is 0 Å². The number of hydrogen-bond donors (Lipinski definition) is 1. The molecule has 21 heavy (non-hydrogen) atoms. The van der Waals surface area contributed by atoms with E-state index in [4.69, 9.17) is 0 Å². The smallest absolute Gasteiger partial charge is 0.0797 e. The van der Waals surface area contributed by atoms with E-state index in [1.807, 2.05) is 6.92 Å². The maximum atomic E-state index is 10.3. The fourth-order valence-corrected chi connectivity index (χ4v) is 4.96. The van der Waals surface area contributed by atoms with Gasteiger partial charge in [0.1, 0.15) is 0 Å². The lowest BCUT2D eigenvalue weighted by atomic mass is 9.47. The molecular weight excluding hydrogens is 256 g/mol. The SMILES string of the molecule is C=CC(C)(O)CC[C@@]1(C)[C@H](C)CC[C@]2(C)C(C)=CCC[C@H]12. The predicted octanol–water partition coefficient (Wildman–Crippen LogP) is 5.50. The van der Waals surface area contributed by atoms with Crippen LogP contribution in [-0.2, 0) is 0 Å². The second kappa shape index (κ2) is 5.57. The van der Waals surface area contributed by atoms with E-state index in [1.165, 1.54) is 25.7 Å². The van der Waals surface area contributed by atoms with Crippen LogP contribution in [0.3, 0.4) is 0 Å². The van der Waals surface area contributed by atoms with Gasteiger partial charge in [0.15, 0.2) is 0 Å². The number of fused-ring (bicyclic) bond motifs is 1. The summed E-state index contributed by atoms with van der Waals surface area (Å²) < 4.78 is 0. The third kappa shape index (κ3) is 2.86. The zero-order valence-corrected chi connectivity index (χ0v) is 14.7. The summed E-state index contributed by atoms with van der Waals surface area (Å²) in [5.41, 5.74) is 1.58. The molecule has 1 heteroatoms. The molecule has 0 heterocycles. The molecule has 0 bridgehead atoms. The maximum absolute atomic E-state index is 10.3. The molecule has 0 saturated heterocycles. The molecule has 1 N–H and O–H groups in total. The van der Waals surface area contributed by atoms with Crippen LogP contribution in [0.25, 0.3) is 0 Å². The first-order valence-electron chi connectivity index (χ1n) is 8.69. The van der Waals surface area contributed by atoms with Crippen LogP contribution in [0.5, 0.6) is 0 Å². The molecule has 5 atom stereocenters. The van der Waals surface area contributed by atoms with Gasteiger partial charge in [0.25, 0.3) is 0 Å². The molecule has 1 fully saturated rings. The summed E-state index contributed by atoms with van der Waals surface area (Å²) in [6.07, 6.45) is 11.3. The summed E-state index contributed by atoms with van der Waals surface area (Å²) in [5, 5.41) is 10.3. The Morgan fingerprint density at radius 1 is 1.43 bits per heavy atom. The Morgan fingerprint density at radius 3 is 2.71 bits per heavy atom. The van der Waals surface area contributed by atoms with E-state index < -0.39 is 5.60 Å². The molecule has 0 aromatic rings. The third-order valence-corrected chi connectivity index (χ3v) is 7.20. The topological polar surface area (TPSA) is 20.2 Å². The molecule has 0 amide bonds. The molecule has 1 unspecified atom stereocenters. The van der Waals surface area contributed by atoms with Crippen molar-refractivity contribution < 1.29 is 5.11 Å². The predicted molar refractivity (Wildman–Crippen MR) is 91.1 cm³/mol. The van der Waals surface area contributed by atoms with Gasteiger partial charge in [-0.15, -0.1) is 6.58 Å². The number of aliphatic hydroxyl groups is 1. The van der Waals surface area contributed by atoms with E-state index in [-0.39, 0.29) is 0 Å². The van der Waals surface area contributed by atoms with E-state index >= 15 is 0 Å². The minimum atomic E-state index is -0.726. The van der Waals surface area contributed by atoms with E-state index in [2.05, 4.69) is 40.3 Å². The standard InChI is InChI=1S/C20H34O/c1-7-18(4,21)13-14-20(6)16(3)11-12-19(5)15(2)9-8-10-17(19)20/h7,9,16-17,21H,1,8,10-14H2,2-6H3/t16-,17+,18?,19-,20+/m1/s1. The van der Waals surface area contributed by atoms with E-state index in [0.717, 1.165) is 24.7 Å². The van der Waals surface area contributed by atoms with Crippen LogP contribution < -0.4 is 0 Å². The highest BCUT2D eigenvalue weighted by atomic mass is 16.3. The van der Waals surface area contributed by atoms with Crippen molar-refractivity contribution >= 4 is 0 Å². The Balaban J connectivity index is 2.27. The molecule has 1 nitrogen and oxygen atoms in total. The molecule has 120 valence electrons. The van der Waals surface area contributed by atoms with Gasteiger partial charge in [-0.3, -0.25) is 0 Å². The summed E-state index contributed by atoms with van der Waals surface area (Å²) in [5.74, 6) is 1.49. The van der Waals surface area contributed by atoms with Gasteiger partial charge in [-0.05, 0) is 75.0 Å². The Morgan fingerprint density at radius 2 is 2.10 bits per heavy atom. The van der Waals surface area contributed by atoms with Crippen LogP contribution in [0.1, 0.15) is 73.1 Å². The minimum absolute atomic E-state index is 0.329. The third-order valence-electron chi connectivity index (χ3n) is 7.20. The van der Waals surface area contributed by atoms with Crippen molar-refractivity contribution in [2.45, 2.75) is 78.7 Å². The zero-order chi connectivity index (χ0) is 15.9. The summed E-state index contributed by atoms with van der Waals surface area (Å²) in [7, 11) is 0. The molecule has 0 spiro atoms. The molecule has 0 aromatic carbocycles. The van der Waals surface area contributed by atoms with Crippen LogP contribution >= 0.6 is 0 Å². The Kier molecular flexibility index (Phi) is 4.46. The fraction of sp³-hybridized carbons (Fsp3) is 0.800. The first-order valence-corrected chi connectivity index (χ1v) is 8.69. The molecule has 0 radical (unpaired) electrons. The average molecular weight is 290 g/mol. The first kappa shape index (κ1) is 16.8. The number of hydrogen-bond acceptors (Lipinski definition) is 1. The van der Waals surface area contributed by atoms with Gasteiger partial charge in [0.2, 0.25) is 0 Å². The molecule has 1 saturated carbocycles. The number of rotatable bonds is 4. The van der Waals surface area contributed by atoms with Gasteiger partial charge in [-0.25, -0.2) is 0 Å². The van der Waals surface area contributed by atoms with Gasteiger partial charge < -0.3 is 5.11 Å². The molecule has 0 aromatic heterocycles. The van der Waals surface area contributed by atoms with Crippen molar-refractivity contribution in [3.8, 4) is 0 Å². The van der Waals surface area contributed by atoms with Crippen LogP contribution in [0.2, 0.25) is 0 Å². The second-order valence-electron chi connectivity index (χ2n) is 8.44. The van der Waals surface area contributed by atoms with Crippen LogP contribution in [0.15, 0.2) is 24.3 Å². The molecule has 2 rings (SSSR count). The summed E-state index contributed by atoms with van der Waals surface area (Å²) in [6, 6.07) is 0. The summed E-state index contributed by atoms with van der Waals surface area (Å²) in [6.45, 7) is 15.4. The van der Waals surface area contributed by atoms with Gasteiger partial charge in [0, 0.05) is 0 Å². The molecule has 2 aliphatic carbocycles. The van der Waals surface area contributed by atoms with Crippen molar-refractivity contribution in [2.24, 2.45) is 22.7 Å². The monoisotopic (exact) mass is 290 g/mol. The highest BCUT2D eigenvalue weighted by Crippen LogP contribution is 2.61. The molecular formula is C20H34O. The van der Waals surface area contributed by atoms with Crippen LogP contribution in [0, 0.1) is 22.7 Å². The van der Waals surface area contributed by atoms with E-state index in [9.17, 15) is 5.11 Å². The number of allylic oxidation sites excluding steroid dienone is 2. The summed E-state index contributed by atoms with van der Waals surface area (Å²) >= 11 is 0. The van der Waals surface area contributed by atoms with Crippen LogP contribution in [0.4, 0.5) is 0 Å². The lowest BCUT2D eigenvalue weighted by Gasteiger charge is -2.58. The minimum Gasteiger partial charge on any atom is -0.386 e. The van der Waals surface area contributed by atoms with Crippen molar-refractivity contribution in [3.63, 3.8) is 0 Å². The average Bonchev–Trinajstić information content (AvgIpc) is 2.44. The second-order valence-corrected chi connectivity index (χ2v) is 8.44. The van der Waals surface area contributed by atoms with E-state index in [1.54, 1.807) is 11.6 Å². The first-order chi connectivity index (χ1) is 9.66. The van der Waals surface area contributed by atoms with Gasteiger partial charge >= 0.3 is 0 Å². The van der Waals surface area contributed by atoms with Crippen molar-refractivity contribution in [1.82, 2.24) is 0 Å². The lowest BCUT2D eigenvalue weighted by Crippen LogP contribution is -2.50.